The summed E-state index contributed by atoms with van der Waals surface area (Å²) >= 11 is 0. The van der Waals surface area contributed by atoms with Gasteiger partial charge in [-0.3, -0.25) is 4.79 Å². The smallest absolute Gasteiger partial charge is 0.226 e. The summed E-state index contributed by atoms with van der Waals surface area (Å²) < 4.78 is 7.62. The van der Waals surface area contributed by atoms with Gasteiger partial charge in [0.2, 0.25) is 5.91 Å². The predicted octanol–water partition coefficient (Wildman–Crippen LogP) is 2.42. The highest BCUT2D eigenvalue weighted by Crippen LogP contribution is 2.48. The highest BCUT2D eigenvalue weighted by molar-refractivity contribution is 5.82. The van der Waals surface area contributed by atoms with Crippen LogP contribution in [-0.2, 0) is 15.1 Å². The second-order valence-corrected chi connectivity index (χ2v) is 8.11. The first-order valence-corrected chi connectivity index (χ1v) is 9.84. The first kappa shape index (κ1) is 16.8. The lowest BCUT2D eigenvalue weighted by atomic mass is 9.89. The molecule has 6 nitrogen and oxygen atoms in total. The van der Waals surface area contributed by atoms with E-state index in [1.807, 2.05) is 12.3 Å². The molecule has 2 aromatic heterocycles. The van der Waals surface area contributed by atoms with E-state index in [1.54, 1.807) is 7.11 Å². The van der Waals surface area contributed by atoms with Crippen molar-refractivity contribution in [3.05, 3.63) is 42.4 Å². The van der Waals surface area contributed by atoms with E-state index in [1.165, 1.54) is 5.69 Å². The Kier molecular flexibility index (Phi) is 3.79. The molecule has 0 aromatic carbocycles. The van der Waals surface area contributed by atoms with Gasteiger partial charge in [0.05, 0.1) is 18.0 Å². The number of aromatic nitrogens is 2. The van der Waals surface area contributed by atoms with E-state index in [-0.39, 0.29) is 11.5 Å². The molecule has 6 heteroatoms. The van der Waals surface area contributed by atoms with Crippen LogP contribution in [-0.4, -0.2) is 53.7 Å². The molecule has 1 amide bonds. The maximum Gasteiger partial charge on any atom is 0.226 e. The van der Waals surface area contributed by atoms with Gasteiger partial charge in [-0.25, -0.2) is 4.98 Å². The minimum atomic E-state index is -0.216. The van der Waals surface area contributed by atoms with Gasteiger partial charge in [0.15, 0.2) is 5.82 Å². The summed E-state index contributed by atoms with van der Waals surface area (Å²) in [6, 6.07) is 8.40. The number of hydrogen-bond donors (Lipinski definition) is 0. The fourth-order valence-electron chi connectivity index (χ4n) is 4.93. The fraction of sp³-hybridized carbons (Fsp3) is 0.524. The SMILES string of the molecule is COCCN1c2cccnc2-n2cccc2[C@]12CCN(C(=O)[C@H]1C[C@@H]1C)C2. The second-order valence-electron chi connectivity index (χ2n) is 8.11. The Balaban J connectivity index is 1.57. The average molecular weight is 366 g/mol. The number of fused-ring (bicyclic) bond motifs is 4. The summed E-state index contributed by atoms with van der Waals surface area (Å²) in [5.74, 6) is 2.07. The highest BCUT2D eigenvalue weighted by Gasteiger charge is 2.52. The largest absolute Gasteiger partial charge is 0.383 e. The Morgan fingerprint density at radius 3 is 3.00 bits per heavy atom. The number of likely N-dealkylation sites (tertiary alicyclic amines) is 1. The van der Waals surface area contributed by atoms with E-state index >= 15 is 0 Å². The van der Waals surface area contributed by atoms with Crippen molar-refractivity contribution in [1.82, 2.24) is 14.5 Å². The van der Waals surface area contributed by atoms with Crippen LogP contribution in [0.25, 0.3) is 5.82 Å². The molecule has 4 heterocycles. The molecule has 1 saturated heterocycles. The van der Waals surface area contributed by atoms with Crippen LogP contribution in [0, 0.1) is 11.8 Å². The molecule has 0 bridgehead atoms. The molecule has 5 rings (SSSR count). The lowest BCUT2D eigenvalue weighted by Crippen LogP contribution is -2.53. The van der Waals surface area contributed by atoms with Crippen LogP contribution in [0.15, 0.2) is 36.7 Å². The van der Waals surface area contributed by atoms with Crippen molar-refractivity contribution in [2.45, 2.75) is 25.3 Å². The first-order valence-electron chi connectivity index (χ1n) is 9.84. The molecule has 2 aliphatic heterocycles. The Hall–Kier alpha value is -2.34. The van der Waals surface area contributed by atoms with Crippen molar-refractivity contribution in [2.24, 2.45) is 11.8 Å². The van der Waals surface area contributed by atoms with Crippen molar-refractivity contribution < 1.29 is 9.53 Å². The number of ether oxygens (including phenoxy) is 1. The molecule has 2 fully saturated rings. The minimum absolute atomic E-state index is 0.216. The third-order valence-corrected chi connectivity index (χ3v) is 6.53. The zero-order valence-electron chi connectivity index (χ0n) is 16.0. The number of amides is 1. The molecule has 2 aromatic rings. The van der Waals surface area contributed by atoms with Crippen molar-refractivity contribution in [1.29, 1.82) is 0 Å². The molecular formula is C21H26N4O2. The van der Waals surface area contributed by atoms with E-state index in [4.69, 9.17) is 4.74 Å². The predicted molar refractivity (Wildman–Crippen MR) is 103 cm³/mol. The summed E-state index contributed by atoms with van der Waals surface area (Å²) in [6.45, 7) is 5.14. The zero-order valence-corrected chi connectivity index (χ0v) is 16.0. The third kappa shape index (κ3) is 2.42. The molecule has 1 aliphatic carbocycles. The van der Waals surface area contributed by atoms with E-state index < -0.39 is 0 Å². The van der Waals surface area contributed by atoms with Gasteiger partial charge >= 0.3 is 0 Å². The highest BCUT2D eigenvalue weighted by atomic mass is 16.5. The van der Waals surface area contributed by atoms with E-state index in [0.717, 1.165) is 44.0 Å². The first-order chi connectivity index (χ1) is 13.2. The zero-order chi connectivity index (χ0) is 18.6. The number of anilines is 1. The van der Waals surface area contributed by atoms with E-state index in [0.29, 0.717) is 18.4 Å². The van der Waals surface area contributed by atoms with Crippen LogP contribution in [0.4, 0.5) is 5.69 Å². The van der Waals surface area contributed by atoms with Crippen LogP contribution in [0.5, 0.6) is 0 Å². The monoisotopic (exact) mass is 366 g/mol. The van der Waals surface area contributed by atoms with Crippen LogP contribution in [0.1, 0.15) is 25.5 Å². The Bertz CT molecular complexity index is 879. The second kappa shape index (κ2) is 6.09. The number of hydrogen-bond acceptors (Lipinski definition) is 4. The molecular weight excluding hydrogens is 340 g/mol. The number of pyridine rings is 1. The number of methoxy groups -OCH3 is 1. The van der Waals surface area contributed by atoms with E-state index in [9.17, 15) is 4.79 Å². The Morgan fingerprint density at radius 1 is 1.37 bits per heavy atom. The van der Waals surface area contributed by atoms with Crippen LogP contribution < -0.4 is 4.90 Å². The molecule has 0 N–H and O–H groups in total. The molecule has 27 heavy (non-hydrogen) atoms. The van der Waals surface area contributed by atoms with Gasteiger partial charge in [0.25, 0.3) is 0 Å². The summed E-state index contributed by atoms with van der Waals surface area (Å²) in [6.07, 6.45) is 5.90. The summed E-state index contributed by atoms with van der Waals surface area (Å²) in [5, 5.41) is 0. The molecule has 142 valence electrons. The molecule has 1 spiro atoms. The van der Waals surface area contributed by atoms with Gasteiger partial charge in [-0.2, -0.15) is 0 Å². The molecule has 0 unspecified atom stereocenters. The lowest BCUT2D eigenvalue weighted by molar-refractivity contribution is -0.132. The normalized spacial score (nSPS) is 28.4. The number of nitrogens with zero attached hydrogens (tertiary/aromatic N) is 4. The number of carbonyl (C=O) groups is 1. The van der Waals surface area contributed by atoms with Crippen LogP contribution in [0.2, 0.25) is 0 Å². The summed E-state index contributed by atoms with van der Waals surface area (Å²) in [5.41, 5.74) is 2.13. The third-order valence-electron chi connectivity index (χ3n) is 6.53. The fourth-order valence-corrected chi connectivity index (χ4v) is 4.93. The minimum Gasteiger partial charge on any atom is -0.383 e. The van der Waals surface area contributed by atoms with Gasteiger partial charge in [-0.1, -0.05) is 6.92 Å². The Morgan fingerprint density at radius 2 is 2.22 bits per heavy atom. The molecule has 1 saturated carbocycles. The van der Waals surface area contributed by atoms with Crippen LogP contribution in [0.3, 0.4) is 0 Å². The maximum atomic E-state index is 12.9. The van der Waals surface area contributed by atoms with Gasteiger partial charge < -0.3 is 19.1 Å². The summed E-state index contributed by atoms with van der Waals surface area (Å²) in [7, 11) is 1.74. The standard InChI is InChI=1S/C21H26N4O2/c1-15-13-16(15)20(26)23-10-7-21(14-23)18-6-4-9-24(18)19-17(5-3-8-22-19)25(21)11-12-27-2/h3-6,8-9,15-16H,7,10-14H2,1-2H3/t15-,16-,21+/m0/s1. The molecule has 0 radical (unpaired) electrons. The lowest BCUT2D eigenvalue weighted by Gasteiger charge is -2.47. The number of rotatable bonds is 4. The van der Waals surface area contributed by atoms with Gasteiger partial charge in [-0.05, 0) is 43.0 Å². The molecule has 3 atom stereocenters. The maximum absolute atomic E-state index is 12.9. The van der Waals surface area contributed by atoms with Crippen molar-refractivity contribution >= 4 is 11.6 Å². The quantitative estimate of drug-likeness (QED) is 0.834. The average Bonchev–Trinajstić information content (AvgIpc) is 3.09. The van der Waals surface area contributed by atoms with E-state index in [2.05, 4.69) is 50.7 Å². The van der Waals surface area contributed by atoms with Crippen molar-refractivity contribution in [3.63, 3.8) is 0 Å². The number of carbonyl (C=O) groups excluding carboxylic acids is 1. The van der Waals surface area contributed by atoms with Gasteiger partial charge in [0.1, 0.15) is 5.54 Å². The van der Waals surface area contributed by atoms with Crippen molar-refractivity contribution in [3.8, 4) is 5.82 Å². The van der Waals surface area contributed by atoms with Gasteiger partial charge in [0, 0.05) is 45.1 Å². The Labute approximate surface area is 159 Å². The topological polar surface area (TPSA) is 50.6 Å². The van der Waals surface area contributed by atoms with Gasteiger partial charge in [-0.15, -0.1) is 0 Å². The summed E-state index contributed by atoms with van der Waals surface area (Å²) in [4.78, 5) is 22.1. The van der Waals surface area contributed by atoms with Crippen LogP contribution >= 0.6 is 0 Å². The van der Waals surface area contributed by atoms with Crippen molar-refractivity contribution in [2.75, 3.05) is 38.3 Å². The molecule has 3 aliphatic rings.